The Balaban J connectivity index is 3.13. The van der Waals surface area contributed by atoms with Crippen LogP contribution in [-0.2, 0) is 11.0 Å². The normalized spacial score (nSPS) is 14.7. The van der Waals surface area contributed by atoms with Crippen molar-refractivity contribution in [2.75, 3.05) is 0 Å². The summed E-state index contributed by atoms with van der Waals surface area (Å²) in [5.74, 6) is 0.451. The van der Waals surface area contributed by atoms with Gasteiger partial charge in [0, 0.05) is 0 Å². The van der Waals surface area contributed by atoms with Gasteiger partial charge in [0.15, 0.2) is 0 Å². The average Bonchev–Trinajstić information content (AvgIpc) is 2.11. The Morgan fingerprint density at radius 1 is 1.40 bits per heavy atom. The maximum Gasteiger partial charge on any atom is 0.444 e. The molecular formula is C10H14BrO3P. The molecule has 0 heterocycles. The predicted molar refractivity (Wildman–Crippen MR) is 64.7 cm³/mol. The molecule has 1 atom stereocenters. The van der Waals surface area contributed by atoms with Gasteiger partial charge in [0.1, 0.15) is 5.75 Å². The van der Waals surface area contributed by atoms with E-state index in [1.54, 1.807) is 6.07 Å². The molecule has 0 aliphatic carbocycles. The quantitative estimate of drug-likeness (QED) is 0.863. The SMILES string of the molecule is CCc1ccc(OP(=O)(O)Br)c(C)c1C. The summed E-state index contributed by atoms with van der Waals surface area (Å²) in [5, 5.41) is 0. The van der Waals surface area contributed by atoms with Crippen LogP contribution in [0.15, 0.2) is 12.1 Å². The van der Waals surface area contributed by atoms with E-state index in [0.29, 0.717) is 5.75 Å². The highest BCUT2D eigenvalue weighted by molar-refractivity contribution is 9.39. The molecule has 0 saturated heterocycles. The summed E-state index contributed by atoms with van der Waals surface area (Å²) < 4.78 is 16.0. The van der Waals surface area contributed by atoms with E-state index in [1.165, 1.54) is 5.56 Å². The molecule has 0 spiro atoms. The van der Waals surface area contributed by atoms with Gasteiger partial charge in [0.05, 0.1) is 15.5 Å². The molecule has 5 heteroatoms. The zero-order valence-electron chi connectivity index (χ0n) is 8.95. The number of hydrogen-bond acceptors (Lipinski definition) is 2. The van der Waals surface area contributed by atoms with Crippen LogP contribution in [0.2, 0.25) is 0 Å². The van der Waals surface area contributed by atoms with Crippen LogP contribution in [0.5, 0.6) is 5.75 Å². The van der Waals surface area contributed by atoms with E-state index in [1.807, 2.05) is 19.9 Å². The van der Waals surface area contributed by atoms with Gasteiger partial charge in [0.25, 0.3) is 0 Å². The Morgan fingerprint density at radius 3 is 2.47 bits per heavy atom. The van der Waals surface area contributed by atoms with Crippen LogP contribution < -0.4 is 4.52 Å². The molecule has 0 aliphatic heterocycles. The summed E-state index contributed by atoms with van der Waals surface area (Å²) in [6.45, 7) is 5.94. The van der Waals surface area contributed by atoms with Crippen molar-refractivity contribution in [3.63, 3.8) is 0 Å². The summed E-state index contributed by atoms with van der Waals surface area (Å²) in [5.41, 5.74) is 3.24. The minimum atomic E-state index is -3.65. The molecule has 1 aromatic rings. The molecule has 0 radical (unpaired) electrons. The van der Waals surface area contributed by atoms with Crippen molar-refractivity contribution in [1.29, 1.82) is 0 Å². The van der Waals surface area contributed by atoms with Crippen LogP contribution in [0.4, 0.5) is 0 Å². The molecule has 0 aromatic heterocycles. The van der Waals surface area contributed by atoms with Crippen molar-refractivity contribution in [2.24, 2.45) is 0 Å². The van der Waals surface area contributed by atoms with Crippen LogP contribution in [-0.4, -0.2) is 4.89 Å². The van der Waals surface area contributed by atoms with Gasteiger partial charge in [-0.3, -0.25) is 0 Å². The second-order valence-electron chi connectivity index (χ2n) is 3.37. The van der Waals surface area contributed by atoms with E-state index in [-0.39, 0.29) is 0 Å². The molecule has 1 rings (SSSR count). The van der Waals surface area contributed by atoms with E-state index >= 15 is 0 Å². The predicted octanol–water partition coefficient (Wildman–Crippen LogP) is 3.74. The summed E-state index contributed by atoms with van der Waals surface area (Å²) in [4.78, 5) is 9.06. The fourth-order valence-electron chi connectivity index (χ4n) is 1.46. The first-order chi connectivity index (χ1) is 6.85. The zero-order valence-corrected chi connectivity index (χ0v) is 11.4. The molecule has 0 fully saturated rings. The van der Waals surface area contributed by atoms with E-state index in [2.05, 4.69) is 22.4 Å². The molecule has 1 unspecified atom stereocenters. The lowest BCUT2D eigenvalue weighted by Gasteiger charge is -2.13. The minimum Gasteiger partial charge on any atom is -0.417 e. The third kappa shape index (κ3) is 3.33. The Morgan fingerprint density at radius 2 is 2.00 bits per heavy atom. The van der Waals surface area contributed by atoms with Gasteiger partial charge in [-0.1, -0.05) is 13.0 Å². The number of hydrogen-bond donors (Lipinski definition) is 1. The van der Waals surface area contributed by atoms with Crippen LogP contribution in [0.1, 0.15) is 23.6 Å². The lowest BCUT2D eigenvalue weighted by atomic mass is 10.0. The third-order valence-corrected chi connectivity index (χ3v) is 3.30. The van der Waals surface area contributed by atoms with Crippen molar-refractivity contribution in [3.05, 3.63) is 28.8 Å². The Bertz CT molecular complexity index is 411. The van der Waals surface area contributed by atoms with Gasteiger partial charge >= 0.3 is 6.30 Å². The minimum absolute atomic E-state index is 0.451. The molecular weight excluding hydrogens is 279 g/mol. The molecule has 0 bridgehead atoms. The number of aryl methyl sites for hydroxylation is 1. The van der Waals surface area contributed by atoms with Crippen molar-refractivity contribution in [2.45, 2.75) is 27.2 Å². The second-order valence-corrected chi connectivity index (χ2v) is 7.14. The van der Waals surface area contributed by atoms with E-state index in [4.69, 9.17) is 9.42 Å². The first-order valence-corrected chi connectivity index (χ1v) is 8.26. The molecule has 84 valence electrons. The maximum atomic E-state index is 11.1. The summed E-state index contributed by atoms with van der Waals surface area (Å²) in [7, 11) is 0. The number of rotatable bonds is 3. The smallest absolute Gasteiger partial charge is 0.417 e. The lowest BCUT2D eigenvalue weighted by molar-refractivity contribution is 0.403. The van der Waals surface area contributed by atoms with Crippen LogP contribution in [0.25, 0.3) is 0 Å². The summed E-state index contributed by atoms with van der Waals surface area (Å²) in [6.07, 6.45) is -2.70. The molecule has 3 nitrogen and oxygen atoms in total. The molecule has 15 heavy (non-hydrogen) atoms. The largest absolute Gasteiger partial charge is 0.444 e. The molecule has 0 saturated carbocycles. The highest BCUT2D eigenvalue weighted by atomic mass is 79.9. The van der Waals surface area contributed by atoms with E-state index < -0.39 is 6.30 Å². The monoisotopic (exact) mass is 292 g/mol. The highest BCUT2D eigenvalue weighted by Crippen LogP contribution is 2.51. The number of halogens is 1. The summed E-state index contributed by atoms with van der Waals surface area (Å²) >= 11 is 2.60. The lowest BCUT2D eigenvalue weighted by Crippen LogP contribution is -1.95. The van der Waals surface area contributed by atoms with Gasteiger partial charge in [-0.15, -0.1) is 0 Å². The van der Waals surface area contributed by atoms with Crippen LogP contribution in [0.3, 0.4) is 0 Å². The standard InChI is InChI=1S/C10H14BrO3P/c1-4-9-5-6-10(8(3)7(9)2)14-15(11,12)13/h5-6H,4H2,1-3H3,(H,12,13). The third-order valence-electron chi connectivity index (χ3n) is 2.44. The van der Waals surface area contributed by atoms with Gasteiger partial charge < -0.3 is 9.42 Å². The van der Waals surface area contributed by atoms with Crippen LogP contribution in [0, 0.1) is 13.8 Å². The number of benzene rings is 1. The van der Waals surface area contributed by atoms with E-state index in [0.717, 1.165) is 17.5 Å². The molecule has 1 aromatic carbocycles. The zero-order chi connectivity index (χ0) is 11.6. The Kier molecular flexibility index (Phi) is 3.99. The van der Waals surface area contributed by atoms with E-state index in [9.17, 15) is 4.57 Å². The maximum absolute atomic E-state index is 11.1. The Labute approximate surface area is 97.7 Å². The second kappa shape index (κ2) is 4.69. The average molecular weight is 293 g/mol. The van der Waals surface area contributed by atoms with Gasteiger partial charge in [-0.25, -0.2) is 4.57 Å². The topological polar surface area (TPSA) is 46.5 Å². The van der Waals surface area contributed by atoms with Crippen LogP contribution >= 0.6 is 21.8 Å². The van der Waals surface area contributed by atoms with Gasteiger partial charge in [-0.05, 0) is 43.0 Å². The fraction of sp³-hybridized carbons (Fsp3) is 0.400. The molecule has 0 aliphatic rings. The molecule has 0 amide bonds. The summed E-state index contributed by atoms with van der Waals surface area (Å²) in [6, 6.07) is 3.64. The Hall–Kier alpha value is -0.310. The first kappa shape index (κ1) is 12.8. The van der Waals surface area contributed by atoms with Crippen molar-refractivity contribution >= 4 is 21.8 Å². The fourth-order valence-corrected chi connectivity index (χ4v) is 2.36. The van der Waals surface area contributed by atoms with Crippen molar-refractivity contribution in [1.82, 2.24) is 0 Å². The molecule has 1 N–H and O–H groups in total. The first-order valence-electron chi connectivity index (χ1n) is 4.66. The van der Waals surface area contributed by atoms with Crippen molar-refractivity contribution in [3.8, 4) is 5.75 Å². The van der Waals surface area contributed by atoms with Gasteiger partial charge in [0.2, 0.25) is 0 Å². The van der Waals surface area contributed by atoms with Crippen molar-refractivity contribution < 1.29 is 14.0 Å². The highest BCUT2D eigenvalue weighted by Gasteiger charge is 2.17. The van der Waals surface area contributed by atoms with Gasteiger partial charge in [-0.2, -0.15) is 0 Å².